The summed E-state index contributed by atoms with van der Waals surface area (Å²) in [5.74, 6) is -0.333. The minimum atomic E-state index is -0.454. The van der Waals surface area contributed by atoms with Crippen LogP contribution in [0.1, 0.15) is 63.9 Å². The average Bonchev–Trinajstić information content (AvgIpc) is 2.96. The Morgan fingerprint density at radius 1 is 1.22 bits per heavy atom. The Balaban J connectivity index is 1.74. The number of hydrogen-bond acceptors (Lipinski definition) is 4. The van der Waals surface area contributed by atoms with Crippen molar-refractivity contribution in [3.8, 4) is 0 Å². The van der Waals surface area contributed by atoms with Crippen LogP contribution in [0.25, 0.3) is 0 Å². The minimum Gasteiger partial charge on any atom is -0.459 e. The van der Waals surface area contributed by atoms with Crippen LogP contribution in [0.5, 0.6) is 0 Å². The molecule has 0 aliphatic heterocycles. The molecule has 27 heavy (non-hydrogen) atoms. The highest BCUT2D eigenvalue weighted by molar-refractivity contribution is 6.30. The van der Waals surface area contributed by atoms with Crippen LogP contribution in [0.2, 0.25) is 5.02 Å². The molecular formula is C21H24ClNO4. The fourth-order valence-electron chi connectivity index (χ4n) is 3.50. The first-order chi connectivity index (χ1) is 12.9. The van der Waals surface area contributed by atoms with Gasteiger partial charge in [-0.25, -0.2) is 4.79 Å². The molecular weight excluding hydrogens is 366 g/mol. The largest absolute Gasteiger partial charge is 0.459 e. The molecule has 0 bridgehead atoms. The predicted octanol–water partition coefficient (Wildman–Crippen LogP) is 4.47. The molecule has 0 unspecified atom stereocenters. The summed E-state index contributed by atoms with van der Waals surface area (Å²) in [5.41, 5.74) is 3.52. The highest BCUT2D eigenvalue weighted by atomic mass is 35.5. The number of carbonyl (C=O) groups is 2. The maximum absolute atomic E-state index is 12.7. The number of ketones is 1. The van der Waals surface area contributed by atoms with Gasteiger partial charge < -0.3 is 14.5 Å². The lowest BCUT2D eigenvalue weighted by Gasteiger charge is -2.22. The number of fused-ring (bicyclic) bond motifs is 1. The lowest BCUT2D eigenvalue weighted by Crippen LogP contribution is -2.18. The second-order valence-electron chi connectivity index (χ2n) is 7.11. The van der Waals surface area contributed by atoms with Gasteiger partial charge in [-0.2, -0.15) is 0 Å². The molecule has 1 aromatic carbocycles. The molecule has 0 spiro atoms. The molecule has 0 radical (unpaired) electrons. The predicted molar refractivity (Wildman–Crippen MR) is 104 cm³/mol. The molecule has 0 saturated heterocycles. The van der Waals surface area contributed by atoms with E-state index in [1.807, 2.05) is 38.1 Å². The summed E-state index contributed by atoms with van der Waals surface area (Å²) in [6.45, 7) is 6.17. The van der Waals surface area contributed by atoms with E-state index in [-0.39, 0.29) is 24.4 Å². The Labute approximate surface area is 164 Å². The summed E-state index contributed by atoms with van der Waals surface area (Å²) in [5, 5.41) is 0.670. The molecule has 0 amide bonds. The van der Waals surface area contributed by atoms with Crippen molar-refractivity contribution in [2.24, 2.45) is 0 Å². The fourth-order valence-corrected chi connectivity index (χ4v) is 3.62. The van der Waals surface area contributed by atoms with E-state index in [0.717, 1.165) is 11.3 Å². The van der Waals surface area contributed by atoms with Crippen LogP contribution in [-0.4, -0.2) is 36.1 Å². The number of hydrogen-bond donors (Lipinski definition) is 1. The number of aromatic amines is 1. The van der Waals surface area contributed by atoms with Gasteiger partial charge >= 0.3 is 5.97 Å². The van der Waals surface area contributed by atoms with Gasteiger partial charge in [-0.3, -0.25) is 4.79 Å². The monoisotopic (exact) mass is 389 g/mol. The van der Waals surface area contributed by atoms with Crippen LogP contribution in [-0.2, 0) is 15.9 Å². The molecule has 1 heterocycles. The van der Waals surface area contributed by atoms with E-state index in [2.05, 4.69) is 4.98 Å². The fraction of sp³-hybridized carbons (Fsp3) is 0.429. The van der Waals surface area contributed by atoms with Crippen LogP contribution in [0, 0.1) is 6.92 Å². The van der Waals surface area contributed by atoms with E-state index in [9.17, 15) is 9.59 Å². The van der Waals surface area contributed by atoms with Gasteiger partial charge in [0.1, 0.15) is 12.3 Å². The number of H-pyrrole nitrogens is 1. The van der Waals surface area contributed by atoms with E-state index >= 15 is 0 Å². The molecule has 0 fully saturated rings. The summed E-state index contributed by atoms with van der Waals surface area (Å²) < 4.78 is 10.7. The Bertz CT molecular complexity index is 839. The maximum atomic E-state index is 12.7. The molecule has 1 N–H and O–H groups in total. The van der Waals surface area contributed by atoms with Gasteiger partial charge in [0.15, 0.2) is 5.78 Å². The lowest BCUT2D eigenvalue weighted by atomic mass is 9.81. The van der Waals surface area contributed by atoms with Gasteiger partial charge in [0.05, 0.1) is 12.7 Å². The van der Waals surface area contributed by atoms with E-state index < -0.39 is 5.97 Å². The average molecular weight is 390 g/mol. The Morgan fingerprint density at radius 2 is 1.93 bits per heavy atom. The number of halogens is 1. The zero-order valence-corrected chi connectivity index (χ0v) is 16.6. The van der Waals surface area contributed by atoms with Crippen molar-refractivity contribution in [2.45, 2.75) is 45.6 Å². The topological polar surface area (TPSA) is 68.4 Å². The molecule has 144 valence electrons. The van der Waals surface area contributed by atoms with Crippen molar-refractivity contribution in [1.29, 1.82) is 0 Å². The number of carbonyl (C=O) groups excluding carboxylic acids is 2. The van der Waals surface area contributed by atoms with Crippen LogP contribution in [0.4, 0.5) is 0 Å². The van der Waals surface area contributed by atoms with Gasteiger partial charge in [-0.05, 0) is 56.4 Å². The number of rotatable bonds is 6. The van der Waals surface area contributed by atoms with Gasteiger partial charge in [0.2, 0.25) is 0 Å². The quantitative estimate of drug-likeness (QED) is 0.584. The first kappa shape index (κ1) is 19.6. The van der Waals surface area contributed by atoms with Crippen molar-refractivity contribution < 1.29 is 19.1 Å². The summed E-state index contributed by atoms with van der Waals surface area (Å²) >= 11 is 5.96. The number of Topliss-reactive ketones (excluding diaryl/α,β-unsaturated/α-hetero) is 1. The van der Waals surface area contributed by atoms with Gasteiger partial charge in [0, 0.05) is 22.7 Å². The van der Waals surface area contributed by atoms with Crippen molar-refractivity contribution in [3.63, 3.8) is 0 Å². The van der Waals surface area contributed by atoms with Crippen molar-refractivity contribution in [1.82, 2.24) is 4.98 Å². The summed E-state index contributed by atoms with van der Waals surface area (Å²) in [6.07, 6.45) is 1.18. The van der Waals surface area contributed by atoms with E-state index in [1.54, 1.807) is 6.92 Å². The van der Waals surface area contributed by atoms with E-state index in [1.165, 1.54) is 0 Å². The highest BCUT2D eigenvalue weighted by Crippen LogP contribution is 2.35. The zero-order chi connectivity index (χ0) is 19.6. The van der Waals surface area contributed by atoms with Crippen LogP contribution in [0.3, 0.4) is 0 Å². The third-order valence-electron chi connectivity index (χ3n) is 4.80. The zero-order valence-electron chi connectivity index (χ0n) is 15.8. The standard InChI is InChI=1S/C21H24ClNO4/c1-12(2)26-8-9-27-21(25)20-13(3)19-17(23-20)10-15(11-18(19)24)14-4-6-16(22)7-5-14/h4-7,12,15,23H,8-11H2,1-3H3/t15-/m1/s1. The normalized spacial score (nSPS) is 16.5. The SMILES string of the molecule is Cc1c(C(=O)OCCOC(C)C)[nH]c2c1C(=O)C[C@H](c1ccc(Cl)cc1)C2. The second-order valence-corrected chi connectivity index (χ2v) is 7.55. The van der Waals surface area contributed by atoms with Gasteiger partial charge in [-0.15, -0.1) is 0 Å². The summed E-state index contributed by atoms with van der Waals surface area (Å²) in [7, 11) is 0. The first-order valence-electron chi connectivity index (χ1n) is 9.15. The molecule has 1 aliphatic carbocycles. The molecule has 0 saturated carbocycles. The number of benzene rings is 1. The highest BCUT2D eigenvalue weighted by Gasteiger charge is 2.32. The van der Waals surface area contributed by atoms with Crippen molar-refractivity contribution >= 4 is 23.4 Å². The Kier molecular flexibility index (Phi) is 6.02. The van der Waals surface area contributed by atoms with Crippen LogP contribution < -0.4 is 0 Å². The Morgan fingerprint density at radius 3 is 2.59 bits per heavy atom. The molecule has 2 aromatic rings. The third kappa shape index (κ3) is 4.42. The van der Waals surface area contributed by atoms with Crippen LogP contribution in [0.15, 0.2) is 24.3 Å². The third-order valence-corrected chi connectivity index (χ3v) is 5.05. The molecule has 3 rings (SSSR count). The van der Waals surface area contributed by atoms with E-state index in [0.29, 0.717) is 41.3 Å². The summed E-state index contributed by atoms with van der Waals surface area (Å²) in [4.78, 5) is 28.2. The maximum Gasteiger partial charge on any atom is 0.355 e. The molecule has 6 heteroatoms. The number of ether oxygens (including phenoxy) is 2. The van der Waals surface area contributed by atoms with Crippen LogP contribution >= 0.6 is 11.6 Å². The first-order valence-corrected chi connectivity index (χ1v) is 9.53. The number of esters is 1. The molecule has 5 nitrogen and oxygen atoms in total. The Hall–Kier alpha value is -2.11. The smallest absolute Gasteiger partial charge is 0.355 e. The molecule has 1 aromatic heterocycles. The van der Waals surface area contributed by atoms with Gasteiger partial charge in [-0.1, -0.05) is 23.7 Å². The number of aromatic nitrogens is 1. The van der Waals surface area contributed by atoms with Crippen molar-refractivity contribution in [3.05, 3.63) is 57.4 Å². The lowest BCUT2D eigenvalue weighted by molar-refractivity contribution is 0.0172. The van der Waals surface area contributed by atoms with Gasteiger partial charge in [0.25, 0.3) is 0 Å². The minimum absolute atomic E-state index is 0.0483. The second kappa shape index (κ2) is 8.28. The molecule has 1 atom stereocenters. The molecule has 1 aliphatic rings. The summed E-state index contributed by atoms with van der Waals surface area (Å²) in [6, 6.07) is 7.56. The van der Waals surface area contributed by atoms with Crippen molar-refractivity contribution in [2.75, 3.05) is 13.2 Å². The van der Waals surface area contributed by atoms with E-state index in [4.69, 9.17) is 21.1 Å². The number of nitrogens with one attached hydrogen (secondary N) is 1.